The number of rotatable bonds is 2. The van der Waals surface area contributed by atoms with E-state index in [0.29, 0.717) is 4.83 Å². The summed E-state index contributed by atoms with van der Waals surface area (Å²) in [7, 11) is 0. The van der Waals surface area contributed by atoms with Crippen LogP contribution in [0.1, 0.15) is 47.2 Å². The molecule has 0 radical (unpaired) electrons. The molecule has 1 aliphatic carbocycles. The van der Waals surface area contributed by atoms with Crippen molar-refractivity contribution >= 4 is 15.9 Å². The van der Waals surface area contributed by atoms with Crippen molar-refractivity contribution in [3.8, 4) is 0 Å². The lowest BCUT2D eigenvalue weighted by Gasteiger charge is -2.20. The summed E-state index contributed by atoms with van der Waals surface area (Å²) in [5.41, 5.74) is 4.30. The van der Waals surface area contributed by atoms with Gasteiger partial charge in [0.25, 0.3) is 0 Å². The smallest absolute Gasteiger partial charge is 0.0426 e. The van der Waals surface area contributed by atoms with Crippen LogP contribution in [0.3, 0.4) is 0 Å². The third-order valence-corrected chi connectivity index (χ3v) is 4.79. The number of halogens is 1. The first-order chi connectivity index (χ1) is 7.18. The number of hydrogen-bond acceptors (Lipinski definition) is 0. The van der Waals surface area contributed by atoms with Gasteiger partial charge in [-0.15, -0.1) is 0 Å². The quantitative estimate of drug-likeness (QED) is 0.666. The molecular formula is C14H19Br. The second kappa shape index (κ2) is 4.69. The third kappa shape index (κ3) is 2.44. The number of alkyl halides is 1. The van der Waals surface area contributed by atoms with Gasteiger partial charge in [0.05, 0.1) is 0 Å². The number of aryl methyl sites for hydroxylation is 2. The molecule has 0 N–H and O–H groups in total. The van der Waals surface area contributed by atoms with Crippen LogP contribution >= 0.6 is 15.9 Å². The maximum absolute atomic E-state index is 3.90. The van der Waals surface area contributed by atoms with E-state index in [1.165, 1.54) is 42.4 Å². The molecule has 0 saturated heterocycles. The van der Waals surface area contributed by atoms with Gasteiger partial charge in [0.2, 0.25) is 0 Å². The minimum atomic E-state index is 0.569. The van der Waals surface area contributed by atoms with Crippen molar-refractivity contribution in [1.82, 2.24) is 0 Å². The standard InChI is InChI=1S/C14H19Br/c1-10-7-8-11(2)13(9-10)14(15)12-5-3-4-6-12/h7-9,12,14H,3-6H2,1-2H3. The van der Waals surface area contributed by atoms with Crippen LogP contribution in [0.15, 0.2) is 18.2 Å². The molecule has 1 fully saturated rings. The summed E-state index contributed by atoms with van der Waals surface area (Å²) >= 11 is 3.90. The van der Waals surface area contributed by atoms with E-state index in [2.05, 4.69) is 48.0 Å². The number of benzene rings is 1. The van der Waals surface area contributed by atoms with Crippen LogP contribution in [0.25, 0.3) is 0 Å². The molecule has 1 aromatic carbocycles. The molecule has 1 aliphatic rings. The van der Waals surface area contributed by atoms with Gasteiger partial charge in [-0.2, -0.15) is 0 Å². The average Bonchev–Trinajstić information content (AvgIpc) is 2.74. The van der Waals surface area contributed by atoms with Gasteiger partial charge in [-0.1, -0.05) is 52.5 Å². The lowest BCUT2D eigenvalue weighted by atomic mass is 9.94. The molecule has 0 bridgehead atoms. The van der Waals surface area contributed by atoms with Gasteiger partial charge in [0.15, 0.2) is 0 Å². The van der Waals surface area contributed by atoms with Gasteiger partial charge in [0.1, 0.15) is 0 Å². The average molecular weight is 267 g/mol. The predicted molar refractivity (Wildman–Crippen MR) is 69.5 cm³/mol. The van der Waals surface area contributed by atoms with Crippen molar-refractivity contribution < 1.29 is 0 Å². The van der Waals surface area contributed by atoms with Gasteiger partial charge in [0, 0.05) is 4.83 Å². The molecule has 0 aliphatic heterocycles. The van der Waals surface area contributed by atoms with E-state index in [-0.39, 0.29) is 0 Å². The summed E-state index contributed by atoms with van der Waals surface area (Å²) in [6, 6.07) is 6.79. The fraction of sp³-hybridized carbons (Fsp3) is 0.571. The van der Waals surface area contributed by atoms with Crippen LogP contribution in [0.4, 0.5) is 0 Å². The molecule has 1 atom stereocenters. The van der Waals surface area contributed by atoms with Crippen LogP contribution < -0.4 is 0 Å². The summed E-state index contributed by atoms with van der Waals surface area (Å²) in [4.78, 5) is 0.569. The Morgan fingerprint density at radius 3 is 2.53 bits per heavy atom. The van der Waals surface area contributed by atoms with E-state index in [9.17, 15) is 0 Å². The molecule has 15 heavy (non-hydrogen) atoms. The van der Waals surface area contributed by atoms with Crippen molar-refractivity contribution in [3.63, 3.8) is 0 Å². The first-order valence-corrected chi connectivity index (χ1v) is 6.81. The van der Waals surface area contributed by atoms with Crippen molar-refractivity contribution in [2.24, 2.45) is 5.92 Å². The van der Waals surface area contributed by atoms with E-state index >= 15 is 0 Å². The van der Waals surface area contributed by atoms with Gasteiger partial charge in [-0.25, -0.2) is 0 Å². The molecule has 82 valence electrons. The Morgan fingerprint density at radius 2 is 1.87 bits per heavy atom. The number of hydrogen-bond donors (Lipinski definition) is 0. The summed E-state index contributed by atoms with van der Waals surface area (Å²) in [5.74, 6) is 0.852. The highest BCUT2D eigenvalue weighted by molar-refractivity contribution is 9.09. The van der Waals surface area contributed by atoms with Gasteiger partial charge < -0.3 is 0 Å². The molecule has 1 heteroatoms. The zero-order chi connectivity index (χ0) is 10.8. The fourth-order valence-corrected chi connectivity index (χ4v) is 3.58. The molecule has 2 rings (SSSR count). The Bertz CT molecular complexity index is 337. The maximum atomic E-state index is 3.90. The van der Waals surface area contributed by atoms with Crippen molar-refractivity contribution in [2.75, 3.05) is 0 Å². The normalized spacial score (nSPS) is 19.4. The second-order valence-corrected chi connectivity index (χ2v) is 5.79. The molecule has 0 heterocycles. The molecule has 1 saturated carbocycles. The first kappa shape index (κ1) is 11.2. The maximum Gasteiger partial charge on any atom is 0.0426 e. The van der Waals surface area contributed by atoms with Crippen molar-refractivity contribution in [1.29, 1.82) is 0 Å². The lowest BCUT2D eigenvalue weighted by molar-refractivity contribution is 0.540. The summed E-state index contributed by atoms with van der Waals surface area (Å²) in [6.45, 7) is 4.40. The van der Waals surface area contributed by atoms with E-state index in [4.69, 9.17) is 0 Å². The van der Waals surface area contributed by atoms with Gasteiger partial charge >= 0.3 is 0 Å². The zero-order valence-corrected chi connectivity index (χ0v) is 11.2. The Balaban J connectivity index is 2.23. The summed E-state index contributed by atoms with van der Waals surface area (Å²) < 4.78 is 0. The zero-order valence-electron chi connectivity index (χ0n) is 9.59. The minimum absolute atomic E-state index is 0.569. The molecule has 0 amide bonds. The SMILES string of the molecule is Cc1ccc(C)c(C(Br)C2CCCC2)c1. The summed E-state index contributed by atoms with van der Waals surface area (Å²) in [5, 5.41) is 0. The molecule has 0 aromatic heterocycles. The molecule has 0 spiro atoms. The van der Waals surface area contributed by atoms with E-state index in [1.54, 1.807) is 0 Å². The second-order valence-electron chi connectivity index (χ2n) is 4.81. The first-order valence-electron chi connectivity index (χ1n) is 5.89. The minimum Gasteiger partial charge on any atom is -0.0836 e. The van der Waals surface area contributed by atoms with Gasteiger partial charge in [-0.05, 0) is 43.7 Å². The predicted octanol–water partition coefficient (Wildman–Crippen LogP) is 4.93. The van der Waals surface area contributed by atoms with Gasteiger partial charge in [-0.3, -0.25) is 0 Å². The topological polar surface area (TPSA) is 0 Å². The van der Waals surface area contributed by atoms with E-state index < -0.39 is 0 Å². The highest BCUT2D eigenvalue weighted by atomic mass is 79.9. The van der Waals surface area contributed by atoms with Crippen molar-refractivity contribution in [3.05, 3.63) is 34.9 Å². The van der Waals surface area contributed by atoms with Crippen LogP contribution in [-0.4, -0.2) is 0 Å². The Labute approximate surface area is 101 Å². The molecule has 0 nitrogen and oxygen atoms in total. The highest BCUT2D eigenvalue weighted by Gasteiger charge is 2.24. The highest BCUT2D eigenvalue weighted by Crippen LogP contribution is 2.42. The molecule has 1 aromatic rings. The van der Waals surface area contributed by atoms with Crippen LogP contribution in [-0.2, 0) is 0 Å². The molecule has 1 unspecified atom stereocenters. The Hall–Kier alpha value is -0.300. The third-order valence-electron chi connectivity index (χ3n) is 3.55. The van der Waals surface area contributed by atoms with Crippen LogP contribution in [0.2, 0.25) is 0 Å². The Kier molecular flexibility index (Phi) is 3.50. The summed E-state index contributed by atoms with van der Waals surface area (Å²) in [6.07, 6.45) is 5.61. The van der Waals surface area contributed by atoms with Crippen LogP contribution in [0, 0.1) is 19.8 Å². The monoisotopic (exact) mass is 266 g/mol. The van der Waals surface area contributed by atoms with Crippen LogP contribution in [0.5, 0.6) is 0 Å². The van der Waals surface area contributed by atoms with E-state index in [0.717, 1.165) is 5.92 Å². The molecular weight excluding hydrogens is 248 g/mol. The largest absolute Gasteiger partial charge is 0.0836 e. The van der Waals surface area contributed by atoms with Crippen molar-refractivity contribution in [2.45, 2.75) is 44.4 Å². The fourth-order valence-electron chi connectivity index (χ4n) is 2.56. The lowest BCUT2D eigenvalue weighted by Crippen LogP contribution is -2.04. The van der Waals surface area contributed by atoms with E-state index in [1.807, 2.05) is 0 Å². The Morgan fingerprint density at radius 1 is 1.20 bits per heavy atom.